The van der Waals surface area contributed by atoms with E-state index in [1.807, 2.05) is 41.3 Å². The van der Waals surface area contributed by atoms with Crippen molar-refractivity contribution in [3.8, 4) is 0 Å². The van der Waals surface area contributed by atoms with Gasteiger partial charge in [-0.1, -0.05) is 24.1 Å². The fourth-order valence-corrected chi connectivity index (χ4v) is 5.80. The lowest BCUT2D eigenvalue weighted by molar-refractivity contribution is -0.132. The molecule has 1 aliphatic carbocycles. The van der Waals surface area contributed by atoms with Crippen molar-refractivity contribution < 1.29 is 14.3 Å². The summed E-state index contributed by atoms with van der Waals surface area (Å²) in [6.45, 7) is 6.62. The molecule has 10 heteroatoms. The van der Waals surface area contributed by atoms with E-state index in [2.05, 4.69) is 20.9 Å². The molecule has 1 unspecified atom stereocenters. The van der Waals surface area contributed by atoms with Gasteiger partial charge in [0.25, 0.3) is 0 Å². The summed E-state index contributed by atoms with van der Waals surface area (Å²) in [5.74, 6) is -0.204. The molecule has 0 bridgehead atoms. The van der Waals surface area contributed by atoms with Crippen molar-refractivity contribution in [2.75, 3.05) is 63.9 Å². The molecule has 3 aliphatic heterocycles. The monoisotopic (exact) mass is 555 g/mol. The van der Waals surface area contributed by atoms with Gasteiger partial charge >= 0.3 is 0 Å². The first kappa shape index (κ1) is 26.8. The summed E-state index contributed by atoms with van der Waals surface area (Å²) < 4.78 is 5.45. The van der Waals surface area contributed by atoms with Crippen LogP contribution in [0, 0.1) is 5.92 Å². The molecular weight excluding hydrogens is 522 g/mol. The number of anilines is 1. The van der Waals surface area contributed by atoms with Crippen LogP contribution in [0.4, 0.5) is 5.69 Å². The quantitative estimate of drug-likeness (QED) is 0.361. The maximum absolute atomic E-state index is 13.3. The number of halogens is 1. The van der Waals surface area contributed by atoms with Crippen molar-refractivity contribution in [3.63, 3.8) is 0 Å². The zero-order valence-electron chi connectivity index (χ0n) is 21.6. The molecule has 0 spiro atoms. The molecule has 0 N–H and O–H groups in total. The summed E-state index contributed by atoms with van der Waals surface area (Å²) in [5, 5.41) is 1.06. The third kappa shape index (κ3) is 6.27. The van der Waals surface area contributed by atoms with Gasteiger partial charge < -0.3 is 19.4 Å². The average Bonchev–Trinajstić information content (AvgIpc) is 2.94. The first-order chi connectivity index (χ1) is 18.5. The molecule has 3 heterocycles. The molecular formula is C28H34ClN5O3S. The average molecular weight is 556 g/mol. The second kappa shape index (κ2) is 12.4. The van der Waals surface area contributed by atoms with E-state index in [1.54, 1.807) is 4.90 Å². The fourth-order valence-electron chi connectivity index (χ4n) is 5.33. The number of morpholine rings is 1. The summed E-state index contributed by atoms with van der Waals surface area (Å²) in [4.78, 5) is 38.7. The van der Waals surface area contributed by atoms with Gasteiger partial charge in [0, 0.05) is 68.6 Å². The normalized spacial score (nSPS) is 21.9. The number of thiocarbonyl (C=S) groups is 1. The molecule has 0 radical (unpaired) electrons. The second-order valence-electron chi connectivity index (χ2n) is 9.97. The summed E-state index contributed by atoms with van der Waals surface area (Å²) in [5.41, 5.74) is 2.86. The van der Waals surface area contributed by atoms with Gasteiger partial charge in [-0.2, -0.15) is 0 Å². The number of amides is 2. The number of carbonyl (C=O) groups excluding carboxylic acids is 2. The number of benzene rings is 1. The number of fused-ring (bicyclic) bond motifs is 1. The lowest BCUT2D eigenvalue weighted by Gasteiger charge is -2.36. The van der Waals surface area contributed by atoms with Gasteiger partial charge in [0.1, 0.15) is 5.92 Å². The van der Waals surface area contributed by atoms with Crippen molar-refractivity contribution in [3.05, 3.63) is 53.2 Å². The third-order valence-corrected chi connectivity index (χ3v) is 8.07. The van der Waals surface area contributed by atoms with Crippen molar-refractivity contribution in [2.45, 2.75) is 25.7 Å². The SMILES string of the molecule is O=C(CCCCCN1C(=O)C2C=C(N3CCOCC3)C=CC2=NC1=S)N1CCN(c2cccc(Cl)c2)CC1. The van der Waals surface area contributed by atoms with Gasteiger partial charge in [-0.15, -0.1) is 0 Å². The number of nitrogens with zero attached hydrogens (tertiary/aromatic N) is 5. The van der Waals surface area contributed by atoms with E-state index in [1.165, 1.54) is 0 Å². The molecule has 202 valence electrons. The molecule has 2 amide bonds. The van der Waals surface area contributed by atoms with Gasteiger partial charge in [0.2, 0.25) is 16.9 Å². The first-order valence-corrected chi connectivity index (χ1v) is 14.2. The number of unbranched alkanes of at least 4 members (excludes halogenated alkanes) is 2. The van der Waals surface area contributed by atoms with E-state index in [9.17, 15) is 9.59 Å². The standard InChI is InChI=1S/C28H34ClN5O3S/c29-21-5-4-6-22(19-21)31-11-13-33(14-12-31)26(35)7-2-1-3-10-34-27(36)24-20-23(32-15-17-37-18-16-32)8-9-25(24)30-28(34)38/h4-6,8-9,19-20,24H,1-3,7,10-18H2. The lowest BCUT2D eigenvalue weighted by atomic mass is 9.93. The summed E-state index contributed by atoms with van der Waals surface area (Å²) in [6, 6.07) is 7.85. The molecule has 4 aliphatic rings. The highest BCUT2D eigenvalue weighted by molar-refractivity contribution is 7.80. The van der Waals surface area contributed by atoms with Crippen molar-refractivity contribution >= 4 is 52.1 Å². The van der Waals surface area contributed by atoms with E-state index in [0.29, 0.717) is 37.0 Å². The van der Waals surface area contributed by atoms with Gasteiger partial charge in [0.05, 0.1) is 18.9 Å². The zero-order chi connectivity index (χ0) is 26.5. The molecule has 8 nitrogen and oxygen atoms in total. The van der Waals surface area contributed by atoms with Crippen LogP contribution in [0.3, 0.4) is 0 Å². The van der Waals surface area contributed by atoms with E-state index in [4.69, 9.17) is 28.6 Å². The number of aliphatic imine (C=N–C) groups is 1. The minimum absolute atomic E-state index is 0.0104. The molecule has 0 saturated carbocycles. The fraction of sp³-hybridized carbons (Fsp3) is 0.500. The molecule has 2 fully saturated rings. The molecule has 2 saturated heterocycles. The third-order valence-electron chi connectivity index (χ3n) is 7.52. The topological polar surface area (TPSA) is 68.7 Å². The highest BCUT2D eigenvalue weighted by Crippen LogP contribution is 2.25. The Morgan fingerprint density at radius 3 is 2.58 bits per heavy atom. The second-order valence-corrected chi connectivity index (χ2v) is 10.8. The number of carbonyl (C=O) groups is 2. The first-order valence-electron chi connectivity index (χ1n) is 13.4. The maximum Gasteiger partial charge on any atom is 0.241 e. The minimum Gasteiger partial charge on any atom is -0.378 e. The smallest absolute Gasteiger partial charge is 0.241 e. The van der Waals surface area contributed by atoms with E-state index >= 15 is 0 Å². The van der Waals surface area contributed by atoms with Crippen molar-refractivity contribution in [2.24, 2.45) is 10.9 Å². The summed E-state index contributed by atoms with van der Waals surface area (Å²) in [7, 11) is 0. The molecule has 0 aromatic heterocycles. The van der Waals surface area contributed by atoms with Crippen LogP contribution >= 0.6 is 23.8 Å². The number of piperazine rings is 1. The van der Waals surface area contributed by atoms with E-state index < -0.39 is 5.92 Å². The Kier molecular flexibility index (Phi) is 8.76. The van der Waals surface area contributed by atoms with Crippen LogP contribution in [0.15, 0.2) is 53.2 Å². The van der Waals surface area contributed by atoms with Crippen LogP contribution in [0.1, 0.15) is 25.7 Å². The number of allylic oxidation sites excluding steroid dienone is 2. The number of rotatable bonds is 8. The minimum atomic E-state index is -0.392. The van der Waals surface area contributed by atoms with Crippen LogP contribution in [-0.4, -0.2) is 96.4 Å². The Morgan fingerprint density at radius 1 is 1.03 bits per heavy atom. The molecule has 38 heavy (non-hydrogen) atoms. The van der Waals surface area contributed by atoms with Crippen LogP contribution < -0.4 is 4.90 Å². The van der Waals surface area contributed by atoms with Gasteiger partial charge in [-0.3, -0.25) is 14.5 Å². The van der Waals surface area contributed by atoms with E-state index in [0.717, 1.165) is 74.9 Å². The van der Waals surface area contributed by atoms with Crippen LogP contribution in [-0.2, 0) is 14.3 Å². The Morgan fingerprint density at radius 2 is 1.82 bits per heavy atom. The van der Waals surface area contributed by atoms with E-state index in [-0.39, 0.29) is 11.8 Å². The van der Waals surface area contributed by atoms with Crippen molar-refractivity contribution in [1.82, 2.24) is 14.7 Å². The molecule has 1 aromatic rings. The predicted molar refractivity (Wildman–Crippen MR) is 154 cm³/mol. The van der Waals surface area contributed by atoms with Gasteiger partial charge in [-0.25, -0.2) is 4.99 Å². The Balaban J connectivity index is 1.04. The zero-order valence-corrected chi connectivity index (χ0v) is 23.1. The molecule has 1 aromatic carbocycles. The highest BCUT2D eigenvalue weighted by Gasteiger charge is 2.35. The van der Waals surface area contributed by atoms with Gasteiger partial charge in [-0.05, 0) is 61.5 Å². The van der Waals surface area contributed by atoms with Gasteiger partial charge in [0.15, 0.2) is 0 Å². The highest BCUT2D eigenvalue weighted by atomic mass is 35.5. The molecule has 5 rings (SSSR count). The van der Waals surface area contributed by atoms with Crippen molar-refractivity contribution in [1.29, 1.82) is 0 Å². The summed E-state index contributed by atoms with van der Waals surface area (Å²) in [6.07, 6.45) is 8.90. The largest absolute Gasteiger partial charge is 0.378 e. The maximum atomic E-state index is 13.3. The predicted octanol–water partition coefficient (Wildman–Crippen LogP) is 3.52. The summed E-state index contributed by atoms with van der Waals surface area (Å²) >= 11 is 11.6. The van der Waals surface area contributed by atoms with Crippen LogP contribution in [0.25, 0.3) is 0 Å². The Labute approximate surface area is 234 Å². The Hall–Kier alpha value is -2.75. The van der Waals surface area contributed by atoms with Crippen LogP contribution in [0.5, 0.6) is 0 Å². The Bertz CT molecular complexity index is 1150. The number of hydrogen-bond donors (Lipinski definition) is 0. The molecule has 1 atom stereocenters. The van der Waals surface area contributed by atoms with Crippen LogP contribution in [0.2, 0.25) is 5.02 Å². The number of hydrogen-bond acceptors (Lipinski definition) is 6. The number of ether oxygens (including phenoxy) is 1. The lowest BCUT2D eigenvalue weighted by Crippen LogP contribution is -2.48.